The van der Waals surface area contributed by atoms with Crippen molar-refractivity contribution in [1.29, 1.82) is 0 Å². The van der Waals surface area contributed by atoms with E-state index < -0.39 is 0 Å². The van der Waals surface area contributed by atoms with Gasteiger partial charge < -0.3 is 9.40 Å². The number of fused-ring (bicyclic) bond motifs is 1. The Hall–Kier alpha value is -3.26. The quantitative estimate of drug-likeness (QED) is 0.477. The summed E-state index contributed by atoms with van der Waals surface area (Å²) in [6.07, 6.45) is 7.62. The number of nitrogens with zero attached hydrogens (tertiary/aromatic N) is 5. The molecule has 3 heterocycles. The van der Waals surface area contributed by atoms with Gasteiger partial charge in [0.25, 0.3) is 5.56 Å². The maximum Gasteiger partial charge on any atom is 0.252 e. The van der Waals surface area contributed by atoms with E-state index in [0.717, 1.165) is 46.5 Å². The second-order valence-electron chi connectivity index (χ2n) is 8.74. The fourth-order valence-corrected chi connectivity index (χ4v) is 4.65. The van der Waals surface area contributed by atoms with Gasteiger partial charge in [0.1, 0.15) is 12.3 Å². The van der Waals surface area contributed by atoms with Crippen molar-refractivity contribution in [2.24, 2.45) is 0 Å². The minimum Gasteiger partial charge on any atom is -0.467 e. The number of aromatic amines is 1. The molecule has 1 aliphatic carbocycles. The monoisotopic (exact) mass is 432 g/mol. The number of aromatic nitrogens is 5. The van der Waals surface area contributed by atoms with Crippen molar-refractivity contribution in [2.45, 2.75) is 64.7 Å². The van der Waals surface area contributed by atoms with Crippen molar-refractivity contribution in [3.05, 3.63) is 75.7 Å². The first-order chi connectivity index (χ1) is 15.7. The largest absolute Gasteiger partial charge is 0.467 e. The van der Waals surface area contributed by atoms with Gasteiger partial charge in [0, 0.05) is 23.7 Å². The van der Waals surface area contributed by atoms with E-state index in [2.05, 4.69) is 37.5 Å². The normalized spacial score (nSPS) is 15.1. The van der Waals surface area contributed by atoms with Crippen molar-refractivity contribution >= 4 is 10.9 Å². The first-order valence-electron chi connectivity index (χ1n) is 11.3. The van der Waals surface area contributed by atoms with Gasteiger partial charge in [-0.2, -0.15) is 0 Å². The molecule has 166 valence electrons. The van der Waals surface area contributed by atoms with Gasteiger partial charge in [-0.3, -0.25) is 9.69 Å². The SMILES string of the molecule is Cc1ccc2cc(CN(Cc3nnnn3Cc3ccco3)C3CCCCC3)c(=O)[nH]c2c1. The molecule has 1 aliphatic rings. The zero-order chi connectivity index (χ0) is 21.9. The molecule has 4 aromatic rings. The minimum atomic E-state index is -0.0286. The van der Waals surface area contributed by atoms with Gasteiger partial charge in [-0.15, -0.1) is 5.10 Å². The van der Waals surface area contributed by atoms with Gasteiger partial charge in [0.15, 0.2) is 5.82 Å². The molecular formula is C24H28N6O2. The number of hydrogen-bond acceptors (Lipinski definition) is 6. The Kier molecular flexibility index (Phi) is 5.85. The standard InChI is InChI=1S/C24H28N6O2/c1-17-9-10-18-13-19(24(31)25-22(18)12-17)14-29(20-6-3-2-4-7-20)16-23-26-27-28-30(23)15-21-8-5-11-32-21/h5,8-13,20H,2-4,6-7,14-16H2,1H3,(H,25,31). The smallest absolute Gasteiger partial charge is 0.252 e. The number of rotatable bonds is 7. The van der Waals surface area contributed by atoms with Crippen LogP contribution in [0.2, 0.25) is 0 Å². The Labute approximate surface area is 186 Å². The molecule has 32 heavy (non-hydrogen) atoms. The van der Waals surface area contributed by atoms with E-state index in [1.54, 1.807) is 10.9 Å². The van der Waals surface area contributed by atoms with Crippen LogP contribution in [-0.4, -0.2) is 36.1 Å². The molecule has 0 spiro atoms. The van der Waals surface area contributed by atoms with Crippen LogP contribution in [0.3, 0.4) is 0 Å². The summed E-state index contributed by atoms with van der Waals surface area (Å²) in [5, 5.41) is 13.4. The average molecular weight is 433 g/mol. The third-order valence-electron chi connectivity index (χ3n) is 6.38. The van der Waals surface area contributed by atoms with Crippen molar-refractivity contribution in [3.8, 4) is 0 Å². The second kappa shape index (κ2) is 9.08. The van der Waals surface area contributed by atoms with Gasteiger partial charge in [-0.1, -0.05) is 31.4 Å². The van der Waals surface area contributed by atoms with Crippen LogP contribution in [0.25, 0.3) is 10.9 Å². The highest BCUT2D eigenvalue weighted by Crippen LogP contribution is 2.25. The van der Waals surface area contributed by atoms with E-state index >= 15 is 0 Å². The molecule has 1 N–H and O–H groups in total. The first-order valence-corrected chi connectivity index (χ1v) is 11.3. The van der Waals surface area contributed by atoms with Gasteiger partial charge in [0.05, 0.1) is 12.8 Å². The highest BCUT2D eigenvalue weighted by molar-refractivity contribution is 5.79. The number of hydrogen-bond donors (Lipinski definition) is 1. The number of pyridine rings is 1. The average Bonchev–Trinajstić information content (AvgIpc) is 3.47. The molecule has 0 bridgehead atoms. The number of nitrogens with one attached hydrogen (secondary N) is 1. The zero-order valence-electron chi connectivity index (χ0n) is 18.3. The van der Waals surface area contributed by atoms with E-state index in [-0.39, 0.29) is 5.56 Å². The summed E-state index contributed by atoms with van der Waals surface area (Å²) in [6, 6.07) is 12.4. The lowest BCUT2D eigenvalue weighted by Gasteiger charge is -2.33. The molecule has 0 amide bonds. The molecule has 8 heteroatoms. The Morgan fingerprint density at radius 1 is 1.16 bits per heavy atom. The second-order valence-corrected chi connectivity index (χ2v) is 8.74. The van der Waals surface area contributed by atoms with Gasteiger partial charge in [-0.25, -0.2) is 4.68 Å². The molecule has 5 rings (SSSR count). The molecule has 0 atom stereocenters. The van der Waals surface area contributed by atoms with Crippen LogP contribution in [0.4, 0.5) is 0 Å². The van der Waals surface area contributed by atoms with Crippen LogP contribution in [0.1, 0.15) is 54.8 Å². The lowest BCUT2D eigenvalue weighted by molar-refractivity contribution is 0.133. The number of aryl methyl sites for hydroxylation is 1. The number of furan rings is 1. The summed E-state index contributed by atoms with van der Waals surface area (Å²) in [6.45, 7) is 3.67. The van der Waals surface area contributed by atoms with Crippen molar-refractivity contribution < 1.29 is 4.42 Å². The molecule has 0 radical (unpaired) electrons. The van der Waals surface area contributed by atoms with Crippen molar-refractivity contribution in [1.82, 2.24) is 30.1 Å². The fourth-order valence-electron chi connectivity index (χ4n) is 4.65. The maximum atomic E-state index is 12.9. The molecular weight excluding hydrogens is 404 g/mol. The zero-order valence-corrected chi connectivity index (χ0v) is 18.3. The van der Waals surface area contributed by atoms with Crippen molar-refractivity contribution in [3.63, 3.8) is 0 Å². The molecule has 0 saturated heterocycles. The summed E-state index contributed by atoms with van der Waals surface area (Å²) in [7, 11) is 0. The van der Waals surface area contributed by atoms with Crippen LogP contribution in [0.15, 0.2) is 51.9 Å². The van der Waals surface area contributed by atoms with Crippen LogP contribution in [0, 0.1) is 6.92 Å². The Morgan fingerprint density at radius 2 is 2.03 bits per heavy atom. The Morgan fingerprint density at radius 3 is 2.84 bits per heavy atom. The van der Waals surface area contributed by atoms with Crippen LogP contribution < -0.4 is 5.56 Å². The maximum absolute atomic E-state index is 12.9. The van der Waals surface area contributed by atoms with Gasteiger partial charge >= 0.3 is 0 Å². The van der Waals surface area contributed by atoms with Crippen LogP contribution in [-0.2, 0) is 19.6 Å². The van der Waals surface area contributed by atoms with E-state index in [9.17, 15) is 4.79 Å². The van der Waals surface area contributed by atoms with Crippen LogP contribution in [0.5, 0.6) is 0 Å². The third kappa shape index (κ3) is 4.50. The predicted octanol–water partition coefficient (Wildman–Crippen LogP) is 3.80. The van der Waals surface area contributed by atoms with Crippen LogP contribution >= 0.6 is 0 Å². The van der Waals surface area contributed by atoms with E-state index in [0.29, 0.717) is 25.7 Å². The summed E-state index contributed by atoms with van der Waals surface area (Å²) in [4.78, 5) is 18.3. The van der Waals surface area contributed by atoms with Crippen molar-refractivity contribution in [2.75, 3.05) is 0 Å². The lowest BCUT2D eigenvalue weighted by atomic mass is 9.93. The molecule has 0 aliphatic heterocycles. The van der Waals surface area contributed by atoms with E-state index in [4.69, 9.17) is 4.42 Å². The predicted molar refractivity (Wildman–Crippen MR) is 121 cm³/mol. The highest BCUT2D eigenvalue weighted by Gasteiger charge is 2.24. The molecule has 8 nitrogen and oxygen atoms in total. The molecule has 1 saturated carbocycles. The van der Waals surface area contributed by atoms with E-state index in [1.807, 2.05) is 31.2 Å². The fraction of sp³-hybridized carbons (Fsp3) is 0.417. The summed E-state index contributed by atoms with van der Waals surface area (Å²) in [5.41, 5.74) is 2.76. The summed E-state index contributed by atoms with van der Waals surface area (Å²) < 4.78 is 7.25. The van der Waals surface area contributed by atoms with E-state index in [1.165, 1.54) is 19.3 Å². The lowest BCUT2D eigenvalue weighted by Crippen LogP contribution is -2.38. The summed E-state index contributed by atoms with van der Waals surface area (Å²) >= 11 is 0. The number of H-pyrrole nitrogens is 1. The molecule has 0 unspecified atom stereocenters. The molecule has 1 aromatic carbocycles. The van der Waals surface area contributed by atoms with Gasteiger partial charge in [-0.05, 0) is 65.4 Å². The number of tetrazole rings is 1. The number of benzene rings is 1. The third-order valence-corrected chi connectivity index (χ3v) is 6.38. The van der Waals surface area contributed by atoms with Gasteiger partial charge in [0.2, 0.25) is 0 Å². The topological polar surface area (TPSA) is 92.8 Å². The molecule has 3 aromatic heterocycles. The highest BCUT2D eigenvalue weighted by atomic mass is 16.3. The summed E-state index contributed by atoms with van der Waals surface area (Å²) in [5.74, 6) is 1.59. The Bertz CT molecular complexity index is 1240. The Balaban J connectivity index is 1.43. The minimum absolute atomic E-state index is 0.0286. The first kappa shape index (κ1) is 20.6. The molecule has 1 fully saturated rings.